The van der Waals surface area contributed by atoms with Gasteiger partial charge in [-0.25, -0.2) is 4.79 Å². The maximum atomic E-state index is 12.7. The van der Waals surface area contributed by atoms with Crippen LogP contribution in [0.25, 0.3) is 0 Å². The van der Waals surface area contributed by atoms with E-state index in [1.807, 2.05) is 25.1 Å². The predicted octanol–water partition coefficient (Wildman–Crippen LogP) is 3.27. The molecule has 3 heteroatoms. The highest BCUT2D eigenvalue weighted by atomic mass is 16.5. The van der Waals surface area contributed by atoms with Gasteiger partial charge in [0.1, 0.15) is 0 Å². The summed E-state index contributed by atoms with van der Waals surface area (Å²) >= 11 is 0. The van der Waals surface area contributed by atoms with Crippen LogP contribution in [-0.2, 0) is 11.2 Å². The highest BCUT2D eigenvalue weighted by molar-refractivity contribution is 6.15. The van der Waals surface area contributed by atoms with Crippen LogP contribution in [0.3, 0.4) is 0 Å². The van der Waals surface area contributed by atoms with E-state index in [9.17, 15) is 9.59 Å². The number of carbonyl (C=O) groups is 2. The standard InChI is InChI=1S/C17H16O3/c1-3-12-8-4-5-9-13(12)16(18)14-10-6-7-11-15(14)17(19)20-2/h4-11H,3H2,1-2H3. The first-order valence-electron chi connectivity index (χ1n) is 6.49. The molecule has 0 aliphatic rings. The Hall–Kier alpha value is -2.42. The van der Waals surface area contributed by atoms with Gasteiger partial charge in [0.25, 0.3) is 0 Å². The number of methoxy groups -OCH3 is 1. The van der Waals surface area contributed by atoms with Crippen molar-refractivity contribution in [1.82, 2.24) is 0 Å². The van der Waals surface area contributed by atoms with Crippen LogP contribution in [0, 0.1) is 0 Å². The SMILES string of the molecule is CCc1ccccc1C(=O)c1ccccc1C(=O)OC. The van der Waals surface area contributed by atoms with Gasteiger partial charge in [-0.15, -0.1) is 0 Å². The molecule has 0 aromatic heterocycles. The van der Waals surface area contributed by atoms with E-state index in [-0.39, 0.29) is 5.78 Å². The minimum absolute atomic E-state index is 0.150. The maximum absolute atomic E-state index is 12.7. The van der Waals surface area contributed by atoms with E-state index >= 15 is 0 Å². The summed E-state index contributed by atoms with van der Waals surface area (Å²) in [7, 11) is 1.31. The van der Waals surface area contributed by atoms with Crippen molar-refractivity contribution in [2.75, 3.05) is 7.11 Å². The Bertz CT molecular complexity index is 644. The molecule has 3 nitrogen and oxygen atoms in total. The summed E-state index contributed by atoms with van der Waals surface area (Å²) < 4.78 is 4.73. The Morgan fingerprint density at radius 1 is 0.900 bits per heavy atom. The number of hydrogen-bond donors (Lipinski definition) is 0. The average molecular weight is 268 g/mol. The van der Waals surface area contributed by atoms with Crippen LogP contribution < -0.4 is 0 Å². The van der Waals surface area contributed by atoms with Crippen molar-refractivity contribution in [2.24, 2.45) is 0 Å². The monoisotopic (exact) mass is 268 g/mol. The van der Waals surface area contributed by atoms with Gasteiger partial charge >= 0.3 is 5.97 Å². The van der Waals surface area contributed by atoms with Crippen LogP contribution >= 0.6 is 0 Å². The largest absolute Gasteiger partial charge is 0.465 e. The third-order valence-electron chi connectivity index (χ3n) is 3.22. The Morgan fingerprint density at radius 2 is 1.45 bits per heavy atom. The summed E-state index contributed by atoms with van der Waals surface area (Å²) in [5.74, 6) is -0.647. The minimum Gasteiger partial charge on any atom is -0.465 e. The van der Waals surface area contributed by atoms with E-state index < -0.39 is 5.97 Å². The Kier molecular flexibility index (Phi) is 4.31. The quantitative estimate of drug-likeness (QED) is 0.631. The fourth-order valence-corrected chi connectivity index (χ4v) is 2.16. The minimum atomic E-state index is -0.497. The molecule has 0 heterocycles. The first-order valence-corrected chi connectivity index (χ1v) is 6.49. The number of esters is 1. The van der Waals surface area contributed by atoms with Gasteiger partial charge < -0.3 is 4.74 Å². The van der Waals surface area contributed by atoms with Gasteiger partial charge in [0.05, 0.1) is 12.7 Å². The molecule has 2 rings (SSSR count). The molecule has 0 aliphatic carbocycles. The van der Waals surface area contributed by atoms with Gasteiger partial charge in [-0.2, -0.15) is 0 Å². The maximum Gasteiger partial charge on any atom is 0.338 e. The van der Waals surface area contributed by atoms with Crippen LogP contribution in [-0.4, -0.2) is 18.9 Å². The summed E-state index contributed by atoms with van der Waals surface area (Å²) in [4.78, 5) is 24.4. The van der Waals surface area contributed by atoms with Crippen molar-refractivity contribution in [3.63, 3.8) is 0 Å². The van der Waals surface area contributed by atoms with Gasteiger partial charge in [0.15, 0.2) is 5.78 Å². The Balaban J connectivity index is 2.51. The fourth-order valence-electron chi connectivity index (χ4n) is 2.16. The lowest BCUT2D eigenvalue weighted by molar-refractivity contribution is 0.0597. The van der Waals surface area contributed by atoms with E-state index in [2.05, 4.69) is 0 Å². The number of aryl methyl sites for hydroxylation is 1. The van der Waals surface area contributed by atoms with Gasteiger partial charge in [-0.05, 0) is 18.1 Å². The average Bonchev–Trinajstić information content (AvgIpc) is 2.53. The molecule has 0 fully saturated rings. The number of hydrogen-bond acceptors (Lipinski definition) is 3. The highest BCUT2D eigenvalue weighted by Crippen LogP contribution is 2.18. The zero-order valence-corrected chi connectivity index (χ0v) is 11.6. The van der Waals surface area contributed by atoms with Crippen molar-refractivity contribution >= 4 is 11.8 Å². The van der Waals surface area contributed by atoms with E-state index in [1.54, 1.807) is 30.3 Å². The summed E-state index contributed by atoms with van der Waals surface area (Å²) in [6, 6.07) is 14.2. The molecule has 0 spiro atoms. The van der Waals surface area contributed by atoms with E-state index in [4.69, 9.17) is 4.74 Å². The molecular formula is C17H16O3. The third kappa shape index (κ3) is 2.62. The number of rotatable bonds is 4. The van der Waals surface area contributed by atoms with Crippen LogP contribution in [0.1, 0.15) is 38.8 Å². The highest BCUT2D eigenvalue weighted by Gasteiger charge is 2.19. The molecule has 102 valence electrons. The molecule has 2 aromatic carbocycles. The lowest BCUT2D eigenvalue weighted by atomic mass is 9.94. The zero-order valence-electron chi connectivity index (χ0n) is 11.6. The van der Waals surface area contributed by atoms with Crippen molar-refractivity contribution in [3.8, 4) is 0 Å². The first kappa shape index (κ1) is 14.0. The second-order valence-electron chi connectivity index (χ2n) is 4.38. The van der Waals surface area contributed by atoms with Gasteiger partial charge in [-0.1, -0.05) is 49.4 Å². The second-order valence-corrected chi connectivity index (χ2v) is 4.38. The predicted molar refractivity (Wildman–Crippen MR) is 77.0 cm³/mol. The number of ether oxygens (including phenoxy) is 1. The molecule has 0 saturated heterocycles. The molecule has 0 N–H and O–H groups in total. The lowest BCUT2D eigenvalue weighted by Crippen LogP contribution is -2.12. The van der Waals surface area contributed by atoms with Crippen LogP contribution in [0.4, 0.5) is 0 Å². The molecule has 0 aliphatic heterocycles. The summed E-state index contributed by atoms with van der Waals surface area (Å²) in [6.07, 6.45) is 0.766. The van der Waals surface area contributed by atoms with Crippen molar-refractivity contribution in [3.05, 3.63) is 70.8 Å². The normalized spacial score (nSPS) is 10.1. The Labute approximate surface area is 118 Å². The third-order valence-corrected chi connectivity index (χ3v) is 3.22. The second kappa shape index (κ2) is 6.15. The van der Waals surface area contributed by atoms with Crippen molar-refractivity contribution in [1.29, 1.82) is 0 Å². The van der Waals surface area contributed by atoms with E-state index in [0.29, 0.717) is 16.7 Å². The molecular weight excluding hydrogens is 252 g/mol. The molecule has 2 aromatic rings. The van der Waals surface area contributed by atoms with E-state index in [1.165, 1.54) is 7.11 Å². The topological polar surface area (TPSA) is 43.4 Å². The summed E-state index contributed by atoms with van der Waals surface area (Å²) in [5.41, 5.74) is 2.27. The van der Waals surface area contributed by atoms with Crippen LogP contribution in [0.2, 0.25) is 0 Å². The van der Waals surface area contributed by atoms with Gasteiger partial charge in [-0.3, -0.25) is 4.79 Å². The molecule has 0 saturated carbocycles. The van der Waals surface area contributed by atoms with E-state index in [0.717, 1.165) is 12.0 Å². The van der Waals surface area contributed by atoms with Crippen LogP contribution in [0.15, 0.2) is 48.5 Å². The first-order chi connectivity index (χ1) is 9.69. The van der Waals surface area contributed by atoms with Crippen molar-refractivity contribution < 1.29 is 14.3 Å². The molecule has 0 radical (unpaired) electrons. The lowest BCUT2D eigenvalue weighted by Gasteiger charge is -2.09. The van der Waals surface area contributed by atoms with Crippen LogP contribution in [0.5, 0.6) is 0 Å². The smallest absolute Gasteiger partial charge is 0.338 e. The van der Waals surface area contributed by atoms with Gasteiger partial charge in [0, 0.05) is 11.1 Å². The van der Waals surface area contributed by atoms with Crippen molar-refractivity contribution in [2.45, 2.75) is 13.3 Å². The fraction of sp³-hybridized carbons (Fsp3) is 0.176. The summed E-state index contributed by atoms with van der Waals surface area (Å²) in [5, 5.41) is 0. The number of carbonyl (C=O) groups excluding carboxylic acids is 2. The molecule has 0 bridgehead atoms. The number of benzene rings is 2. The molecule has 0 atom stereocenters. The molecule has 20 heavy (non-hydrogen) atoms. The van der Waals surface area contributed by atoms with Gasteiger partial charge in [0.2, 0.25) is 0 Å². The zero-order chi connectivity index (χ0) is 14.5. The molecule has 0 unspecified atom stereocenters. The Morgan fingerprint density at radius 3 is 2.05 bits per heavy atom. The molecule has 0 amide bonds. The summed E-state index contributed by atoms with van der Waals surface area (Å²) in [6.45, 7) is 2.00. The number of ketones is 1.